The monoisotopic (exact) mass is 473 g/mol. The van der Waals surface area contributed by atoms with Crippen molar-refractivity contribution in [3.63, 3.8) is 0 Å². The molecule has 0 unspecified atom stereocenters. The number of aryl methyl sites for hydroxylation is 1. The fourth-order valence-electron chi connectivity index (χ4n) is 4.18. The van der Waals surface area contributed by atoms with Crippen molar-refractivity contribution >= 4 is 17.8 Å². The summed E-state index contributed by atoms with van der Waals surface area (Å²) in [6, 6.07) is 16.6. The lowest BCUT2D eigenvalue weighted by atomic mass is 10.1. The zero-order valence-electron chi connectivity index (χ0n) is 20.6. The molecule has 0 aliphatic carbocycles. The van der Waals surface area contributed by atoms with Gasteiger partial charge in [-0.1, -0.05) is 30.3 Å². The molecule has 1 aliphatic rings. The Balaban J connectivity index is 1.51. The van der Waals surface area contributed by atoms with Crippen LogP contribution >= 0.6 is 0 Å². The molecule has 8 heteroatoms. The number of nitrogens with one attached hydrogen (secondary N) is 1. The molecule has 0 atom stereocenters. The SMILES string of the molecule is Cc1ncc(CN2CCC(=O)N(Cc3cccc(C(=O)NC(C)(C)C)c3)C2=O)n1-c1ccccc1. The van der Waals surface area contributed by atoms with E-state index in [-0.39, 0.29) is 36.3 Å². The van der Waals surface area contributed by atoms with E-state index in [1.54, 1.807) is 29.3 Å². The van der Waals surface area contributed by atoms with E-state index in [1.807, 2.05) is 68.7 Å². The number of amides is 4. The van der Waals surface area contributed by atoms with Crippen LogP contribution in [-0.2, 0) is 17.9 Å². The van der Waals surface area contributed by atoms with Gasteiger partial charge in [0.2, 0.25) is 5.91 Å². The summed E-state index contributed by atoms with van der Waals surface area (Å²) >= 11 is 0. The summed E-state index contributed by atoms with van der Waals surface area (Å²) in [6.07, 6.45) is 2.02. The Morgan fingerprint density at radius 2 is 1.77 bits per heavy atom. The van der Waals surface area contributed by atoms with Crippen LogP contribution in [0.4, 0.5) is 4.79 Å². The van der Waals surface area contributed by atoms with E-state index in [1.165, 1.54) is 4.90 Å². The van der Waals surface area contributed by atoms with E-state index >= 15 is 0 Å². The van der Waals surface area contributed by atoms with Gasteiger partial charge >= 0.3 is 6.03 Å². The smallest absolute Gasteiger partial charge is 0.327 e. The van der Waals surface area contributed by atoms with Gasteiger partial charge in [-0.05, 0) is 57.5 Å². The molecule has 182 valence electrons. The molecule has 8 nitrogen and oxygen atoms in total. The predicted molar refractivity (Wildman–Crippen MR) is 133 cm³/mol. The van der Waals surface area contributed by atoms with Crippen molar-refractivity contribution in [1.82, 2.24) is 24.7 Å². The molecule has 4 rings (SSSR count). The van der Waals surface area contributed by atoms with E-state index in [4.69, 9.17) is 0 Å². The molecule has 1 aromatic heterocycles. The Morgan fingerprint density at radius 3 is 2.49 bits per heavy atom. The minimum absolute atomic E-state index is 0.113. The van der Waals surface area contributed by atoms with Gasteiger partial charge in [0, 0.05) is 29.8 Å². The Hall–Kier alpha value is -3.94. The normalized spacial score (nSPS) is 14.4. The molecular formula is C27H31N5O3. The lowest BCUT2D eigenvalue weighted by Gasteiger charge is -2.34. The number of hydrogen-bond acceptors (Lipinski definition) is 4. The fraction of sp³-hybridized carbons (Fsp3) is 0.333. The topological polar surface area (TPSA) is 87.5 Å². The maximum atomic E-state index is 13.3. The summed E-state index contributed by atoms with van der Waals surface area (Å²) in [5.74, 6) is 0.416. The van der Waals surface area contributed by atoms with Gasteiger partial charge in [0.05, 0.1) is 25.0 Å². The molecule has 1 N–H and O–H groups in total. The molecule has 1 fully saturated rings. The van der Waals surface area contributed by atoms with Crippen molar-refractivity contribution in [2.45, 2.75) is 52.7 Å². The van der Waals surface area contributed by atoms with Gasteiger partial charge in [0.15, 0.2) is 0 Å². The van der Waals surface area contributed by atoms with E-state index in [0.29, 0.717) is 18.7 Å². The van der Waals surface area contributed by atoms with Crippen LogP contribution in [0.25, 0.3) is 5.69 Å². The summed E-state index contributed by atoms with van der Waals surface area (Å²) in [5.41, 5.74) is 2.70. The third-order valence-corrected chi connectivity index (χ3v) is 5.79. The minimum Gasteiger partial charge on any atom is -0.347 e. The molecule has 2 aromatic carbocycles. The Morgan fingerprint density at radius 1 is 1.03 bits per heavy atom. The highest BCUT2D eigenvalue weighted by Crippen LogP contribution is 2.21. The summed E-state index contributed by atoms with van der Waals surface area (Å²) < 4.78 is 2.02. The summed E-state index contributed by atoms with van der Waals surface area (Å²) in [7, 11) is 0. The van der Waals surface area contributed by atoms with Crippen LogP contribution in [0.2, 0.25) is 0 Å². The minimum atomic E-state index is -0.364. The van der Waals surface area contributed by atoms with Gasteiger partial charge < -0.3 is 10.2 Å². The zero-order chi connectivity index (χ0) is 25.2. The van der Waals surface area contributed by atoms with Gasteiger partial charge in [-0.15, -0.1) is 0 Å². The van der Waals surface area contributed by atoms with E-state index in [0.717, 1.165) is 22.8 Å². The summed E-state index contributed by atoms with van der Waals surface area (Å²) in [6.45, 7) is 8.47. The highest BCUT2D eigenvalue weighted by Gasteiger charge is 2.33. The third kappa shape index (κ3) is 5.59. The number of rotatable bonds is 6. The molecular weight excluding hydrogens is 442 g/mol. The second-order valence-corrected chi connectivity index (χ2v) is 9.81. The average Bonchev–Trinajstić information content (AvgIpc) is 3.18. The van der Waals surface area contributed by atoms with Crippen LogP contribution in [0.5, 0.6) is 0 Å². The molecule has 1 aliphatic heterocycles. The van der Waals surface area contributed by atoms with E-state index < -0.39 is 0 Å². The van der Waals surface area contributed by atoms with Crippen molar-refractivity contribution in [2.75, 3.05) is 6.54 Å². The van der Waals surface area contributed by atoms with Crippen LogP contribution in [0, 0.1) is 6.92 Å². The van der Waals surface area contributed by atoms with E-state index in [2.05, 4.69) is 10.3 Å². The summed E-state index contributed by atoms with van der Waals surface area (Å²) in [5, 5.41) is 2.94. The highest BCUT2D eigenvalue weighted by atomic mass is 16.2. The number of aromatic nitrogens is 2. The standard InChI is InChI=1S/C27H31N5O3/c1-19-28-16-23(32(19)22-11-6-5-7-12-22)18-30-14-13-24(33)31(26(30)35)17-20-9-8-10-21(15-20)25(34)29-27(2,3)4/h5-12,15-16H,13-14,17-18H2,1-4H3,(H,29,34). The number of carbonyl (C=O) groups is 3. The van der Waals surface area contributed by atoms with Gasteiger partial charge in [0.1, 0.15) is 5.82 Å². The first kappa shape index (κ1) is 24.2. The lowest BCUT2D eigenvalue weighted by molar-refractivity contribution is -0.131. The Kier molecular flexibility index (Phi) is 6.73. The zero-order valence-corrected chi connectivity index (χ0v) is 20.6. The van der Waals surface area contributed by atoms with Gasteiger partial charge in [-0.3, -0.25) is 19.1 Å². The Labute approximate surface area is 205 Å². The first-order valence-corrected chi connectivity index (χ1v) is 11.7. The average molecular weight is 474 g/mol. The molecule has 0 saturated carbocycles. The van der Waals surface area contributed by atoms with Crippen LogP contribution in [0.1, 0.15) is 54.6 Å². The largest absolute Gasteiger partial charge is 0.347 e. The first-order valence-electron chi connectivity index (χ1n) is 11.7. The summed E-state index contributed by atoms with van der Waals surface area (Å²) in [4.78, 5) is 46.0. The predicted octanol–water partition coefficient (Wildman–Crippen LogP) is 4.06. The maximum Gasteiger partial charge on any atom is 0.327 e. The second kappa shape index (κ2) is 9.74. The first-order chi connectivity index (χ1) is 16.6. The number of benzene rings is 2. The number of urea groups is 1. The van der Waals surface area contributed by atoms with Crippen molar-refractivity contribution in [3.8, 4) is 5.69 Å². The number of para-hydroxylation sites is 1. The van der Waals surface area contributed by atoms with Crippen LogP contribution in [0.3, 0.4) is 0 Å². The molecule has 0 spiro atoms. The molecule has 0 radical (unpaired) electrons. The van der Waals surface area contributed by atoms with Gasteiger partial charge in [-0.2, -0.15) is 0 Å². The third-order valence-electron chi connectivity index (χ3n) is 5.79. The highest BCUT2D eigenvalue weighted by molar-refractivity contribution is 5.97. The number of imide groups is 1. The number of imidazole rings is 1. The second-order valence-electron chi connectivity index (χ2n) is 9.81. The van der Waals surface area contributed by atoms with Crippen molar-refractivity contribution in [1.29, 1.82) is 0 Å². The van der Waals surface area contributed by atoms with Gasteiger partial charge in [0.25, 0.3) is 5.91 Å². The quantitative estimate of drug-likeness (QED) is 0.585. The molecule has 2 heterocycles. The van der Waals surface area contributed by atoms with Crippen LogP contribution in [-0.4, -0.2) is 49.3 Å². The van der Waals surface area contributed by atoms with Crippen molar-refractivity contribution < 1.29 is 14.4 Å². The molecule has 1 saturated heterocycles. The van der Waals surface area contributed by atoms with E-state index in [9.17, 15) is 14.4 Å². The number of nitrogens with zero attached hydrogens (tertiary/aromatic N) is 4. The molecule has 3 aromatic rings. The molecule has 35 heavy (non-hydrogen) atoms. The van der Waals surface area contributed by atoms with Crippen LogP contribution < -0.4 is 5.32 Å². The van der Waals surface area contributed by atoms with Gasteiger partial charge in [-0.25, -0.2) is 9.78 Å². The van der Waals surface area contributed by atoms with Crippen molar-refractivity contribution in [3.05, 3.63) is 83.4 Å². The van der Waals surface area contributed by atoms with Crippen molar-refractivity contribution in [2.24, 2.45) is 0 Å². The maximum absolute atomic E-state index is 13.3. The molecule has 4 amide bonds. The number of hydrogen-bond donors (Lipinski definition) is 1. The fourth-order valence-corrected chi connectivity index (χ4v) is 4.18. The molecule has 0 bridgehead atoms. The Bertz CT molecular complexity index is 1240. The number of carbonyl (C=O) groups excluding carboxylic acids is 3. The lowest BCUT2D eigenvalue weighted by Crippen LogP contribution is -2.51. The van der Waals surface area contributed by atoms with Crippen LogP contribution in [0.15, 0.2) is 60.8 Å².